The number of carbonyl (C=O) groups is 2. The summed E-state index contributed by atoms with van der Waals surface area (Å²) in [6, 6.07) is 14.3. The molecular weight excluding hydrogens is 396 g/mol. The van der Waals surface area contributed by atoms with Crippen molar-refractivity contribution in [3.05, 3.63) is 65.3 Å². The molecule has 0 aliphatic carbocycles. The fraction of sp³-hybridized carbons (Fsp3) is 0.348. The van der Waals surface area contributed by atoms with E-state index < -0.39 is 5.41 Å². The summed E-state index contributed by atoms with van der Waals surface area (Å²) in [5.41, 5.74) is 2.09. The van der Waals surface area contributed by atoms with Crippen LogP contribution < -0.4 is 5.32 Å². The SMILES string of the molecule is CCNC(=O)[C@@]1(Cc2ccc(-c3cccs3)cc2)CCN(C(=O)c2ccn(C)n2)C1. The number of hydrogen-bond donors (Lipinski definition) is 1. The van der Waals surface area contributed by atoms with E-state index >= 15 is 0 Å². The molecule has 1 fully saturated rings. The Balaban J connectivity index is 1.54. The molecule has 156 valence electrons. The van der Waals surface area contributed by atoms with Crippen molar-refractivity contribution in [1.29, 1.82) is 0 Å². The van der Waals surface area contributed by atoms with Crippen LogP contribution in [-0.2, 0) is 18.3 Å². The van der Waals surface area contributed by atoms with Gasteiger partial charge >= 0.3 is 0 Å². The second-order valence-electron chi connectivity index (χ2n) is 7.84. The van der Waals surface area contributed by atoms with Crippen molar-refractivity contribution < 1.29 is 9.59 Å². The zero-order chi connectivity index (χ0) is 21.1. The van der Waals surface area contributed by atoms with Crippen LogP contribution in [-0.4, -0.2) is 46.1 Å². The molecule has 1 N–H and O–H groups in total. The average molecular weight is 423 g/mol. The molecule has 3 heterocycles. The highest BCUT2D eigenvalue weighted by molar-refractivity contribution is 7.13. The topological polar surface area (TPSA) is 67.2 Å². The van der Waals surface area contributed by atoms with Gasteiger partial charge < -0.3 is 10.2 Å². The number of nitrogens with one attached hydrogen (secondary N) is 1. The molecule has 4 rings (SSSR count). The highest BCUT2D eigenvalue weighted by Crippen LogP contribution is 2.36. The average Bonchev–Trinajstić information content (AvgIpc) is 3.50. The van der Waals surface area contributed by atoms with Crippen molar-refractivity contribution in [3.8, 4) is 10.4 Å². The summed E-state index contributed by atoms with van der Waals surface area (Å²) in [6.45, 7) is 3.46. The third kappa shape index (κ3) is 4.03. The number of nitrogens with zero attached hydrogens (tertiary/aromatic N) is 3. The summed E-state index contributed by atoms with van der Waals surface area (Å²) in [6.07, 6.45) is 3.01. The van der Waals surface area contributed by atoms with Gasteiger partial charge in [0.1, 0.15) is 5.69 Å². The minimum absolute atomic E-state index is 0.0173. The Bertz CT molecular complexity index is 1030. The Labute approximate surface area is 180 Å². The van der Waals surface area contributed by atoms with Gasteiger partial charge in [-0.2, -0.15) is 5.10 Å². The van der Waals surface area contributed by atoms with Gasteiger partial charge in [-0.1, -0.05) is 30.3 Å². The first-order valence-corrected chi connectivity index (χ1v) is 11.1. The lowest BCUT2D eigenvalue weighted by atomic mass is 9.79. The zero-order valence-electron chi connectivity index (χ0n) is 17.3. The molecule has 0 spiro atoms. The van der Waals surface area contributed by atoms with Gasteiger partial charge in [0.15, 0.2) is 0 Å². The van der Waals surface area contributed by atoms with Gasteiger partial charge in [0.05, 0.1) is 5.41 Å². The minimum Gasteiger partial charge on any atom is -0.356 e. The van der Waals surface area contributed by atoms with Crippen molar-refractivity contribution in [3.63, 3.8) is 0 Å². The number of amides is 2. The third-order valence-electron chi connectivity index (χ3n) is 5.69. The molecule has 1 saturated heterocycles. The predicted molar refractivity (Wildman–Crippen MR) is 118 cm³/mol. The Kier molecular flexibility index (Phi) is 5.72. The molecule has 2 amide bonds. The lowest BCUT2D eigenvalue weighted by Crippen LogP contribution is -2.45. The molecule has 30 heavy (non-hydrogen) atoms. The molecule has 1 aliphatic rings. The van der Waals surface area contributed by atoms with Gasteiger partial charge in [0, 0.05) is 37.8 Å². The standard InChI is InChI=1S/C23H26N4O2S/c1-3-24-22(29)23(11-13-27(16-23)21(28)19-10-12-26(2)25-19)15-17-6-8-18(9-7-17)20-5-4-14-30-20/h4-10,12,14H,3,11,13,15-16H2,1-2H3,(H,24,29)/t23-/m1/s1. The number of aryl methyl sites for hydroxylation is 1. The van der Waals surface area contributed by atoms with Crippen molar-refractivity contribution >= 4 is 23.2 Å². The first kappa shape index (κ1) is 20.3. The van der Waals surface area contributed by atoms with Crippen LogP contribution in [0, 0.1) is 5.41 Å². The summed E-state index contributed by atoms with van der Waals surface area (Å²) < 4.78 is 1.62. The normalized spacial score (nSPS) is 18.5. The van der Waals surface area contributed by atoms with Crippen LogP contribution in [0.2, 0.25) is 0 Å². The number of carbonyl (C=O) groups excluding carboxylic acids is 2. The van der Waals surface area contributed by atoms with Gasteiger partial charge in [-0.25, -0.2) is 0 Å². The summed E-state index contributed by atoms with van der Waals surface area (Å²) in [4.78, 5) is 28.9. The maximum absolute atomic E-state index is 13.1. The van der Waals surface area contributed by atoms with Crippen LogP contribution in [0.4, 0.5) is 0 Å². The van der Waals surface area contributed by atoms with Crippen LogP contribution in [0.15, 0.2) is 54.0 Å². The van der Waals surface area contributed by atoms with E-state index in [-0.39, 0.29) is 11.8 Å². The monoisotopic (exact) mass is 422 g/mol. The van der Waals surface area contributed by atoms with E-state index in [0.717, 1.165) is 5.56 Å². The molecule has 0 saturated carbocycles. The number of benzene rings is 1. The fourth-order valence-electron chi connectivity index (χ4n) is 4.12. The number of thiophene rings is 1. The van der Waals surface area contributed by atoms with E-state index in [1.54, 1.807) is 40.2 Å². The van der Waals surface area contributed by atoms with Crippen molar-refractivity contribution in [2.24, 2.45) is 12.5 Å². The molecule has 6 nitrogen and oxygen atoms in total. The maximum Gasteiger partial charge on any atom is 0.274 e. The van der Waals surface area contributed by atoms with E-state index in [1.165, 1.54) is 10.4 Å². The summed E-state index contributed by atoms with van der Waals surface area (Å²) in [5.74, 6) is -0.0986. The molecule has 2 aromatic heterocycles. The molecule has 0 unspecified atom stereocenters. The Morgan fingerprint density at radius 2 is 2.00 bits per heavy atom. The van der Waals surface area contributed by atoms with Crippen LogP contribution in [0.1, 0.15) is 29.4 Å². The van der Waals surface area contributed by atoms with E-state index in [9.17, 15) is 9.59 Å². The Hall–Kier alpha value is -2.93. The first-order chi connectivity index (χ1) is 14.5. The molecule has 7 heteroatoms. The van der Waals surface area contributed by atoms with Gasteiger partial charge in [-0.15, -0.1) is 11.3 Å². The highest BCUT2D eigenvalue weighted by Gasteiger charge is 2.46. The molecular formula is C23H26N4O2S. The van der Waals surface area contributed by atoms with Crippen molar-refractivity contribution in [1.82, 2.24) is 20.0 Å². The predicted octanol–water partition coefficient (Wildman–Crippen LogP) is 3.36. The van der Waals surface area contributed by atoms with E-state index in [4.69, 9.17) is 0 Å². The second-order valence-corrected chi connectivity index (χ2v) is 8.79. The smallest absolute Gasteiger partial charge is 0.274 e. The number of aromatic nitrogens is 2. The second kappa shape index (κ2) is 8.44. The summed E-state index contributed by atoms with van der Waals surface area (Å²) in [7, 11) is 1.79. The van der Waals surface area contributed by atoms with Crippen LogP contribution in [0.5, 0.6) is 0 Å². The molecule has 0 radical (unpaired) electrons. The third-order valence-corrected chi connectivity index (χ3v) is 6.61. The van der Waals surface area contributed by atoms with Gasteiger partial charge in [-0.3, -0.25) is 14.3 Å². The van der Waals surface area contributed by atoms with Gasteiger partial charge in [0.2, 0.25) is 5.91 Å². The lowest BCUT2D eigenvalue weighted by Gasteiger charge is -2.28. The molecule has 1 aliphatic heterocycles. The Morgan fingerprint density at radius 1 is 1.20 bits per heavy atom. The Morgan fingerprint density at radius 3 is 2.63 bits per heavy atom. The summed E-state index contributed by atoms with van der Waals surface area (Å²) in [5, 5.41) is 9.29. The molecule has 1 atom stereocenters. The fourth-order valence-corrected chi connectivity index (χ4v) is 4.85. The first-order valence-electron chi connectivity index (χ1n) is 10.2. The van der Waals surface area contributed by atoms with E-state index in [2.05, 4.69) is 46.1 Å². The molecule has 0 bridgehead atoms. The molecule has 3 aromatic rings. The number of rotatable bonds is 6. The quantitative estimate of drug-likeness (QED) is 0.662. The van der Waals surface area contributed by atoms with Crippen molar-refractivity contribution in [2.45, 2.75) is 19.8 Å². The minimum atomic E-state index is -0.620. The van der Waals surface area contributed by atoms with Gasteiger partial charge in [0.25, 0.3) is 5.91 Å². The number of hydrogen-bond acceptors (Lipinski definition) is 4. The van der Waals surface area contributed by atoms with E-state index in [1.807, 2.05) is 13.0 Å². The lowest BCUT2D eigenvalue weighted by molar-refractivity contribution is -0.130. The highest BCUT2D eigenvalue weighted by atomic mass is 32.1. The van der Waals surface area contributed by atoms with E-state index in [0.29, 0.717) is 38.2 Å². The zero-order valence-corrected chi connectivity index (χ0v) is 18.1. The van der Waals surface area contributed by atoms with Crippen LogP contribution in [0.3, 0.4) is 0 Å². The largest absolute Gasteiger partial charge is 0.356 e. The molecule has 1 aromatic carbocycles. The maximum atomic E-state index is 13.1. The van der Waals surface area contributed by atoms with Gasteiger partial charge in [-0.05, 0) is 48.4 Å². The van der Waals surface area contributed by atoms with Crippen molar-refractivity contribution in [2.75, 3.05) is 19.6 Å². The number of likely N-dealkylation sites (tertiary alicyclic amines) is 1. The van der Waals surface area contributed by atoms with Crippen LogP contribution >= 0.6 is 11.3 Å². The summed E-state index contributed by atoms with van der Waals surface area (Å²) >= 11 is 1.71. The van der Waals surface area contributed by atoms with Crippen LogP contribution in [0.25, 0.3) is 10.4 Å².